The molecule has 0 bridgehead atoms. The minimum atomic E-state index is -0.967. The number of ether oxygens (including phenoxy) is 1. The third-order valence-electron chi connectivity index (χ3n) is 6.48. The van der Waals surface area contributed by atoms with Crippen LogP contribution in [0.3, 0.4) is 0 Å². The number of unbranched alkanes of at least 4 members (excludes halogenated alkanes) is 11. The predicted molar refractivity (Wildman–Crippen MR) is 158 cm³/mol. The molecule has 0 spiro atoms. The Kier molecular flexibility index (Phi) is 15.8. The van der Waals surface area contributed by atoms with Crippen molar-refractivity contribution in [2.45, 2.75) is 96.8 Å². The first-order chi connectivity index (χ1) is 19.4. The van der Waals surface area contributed by atoms with Gasteiger partial charge in [-0.25, -0.2) is 4.98 Å². The summed E-state index contributed by atoms with van der Waals surface area (Å²) in [6.07, 6.45) is 17.8. The van der Waals surface area contributed by atoms with Crippen LogP contribution in [0.25, 0.3) is 6.08 Å². The van der Waals surface area contributed by atoms with E-state index < -0.39 is 17.8 Å². The quantitative estimate of drug-likeness (QED) is 0.137. The number of aromatic nitrogens is 1. The maximum absolute atomic E-state index is 12.8. The number of anilines is 1. The molecule has 0 radical (unpaired) electrons. The molecule has 218 valence electrons. The lowest BCUT2D eigenvalue weighted by atomic mass is 10.1. The van der Waals surface area contributed by atoms with Gasteiger partial charge in [0.15, 0.2) is 0 Å². The molecule has 1 aromatic heterocycles. The number of aliphatic carboxylic acids is 2. The van der Waals surface area contributed by atoms with E-state index in [0.717, 1.165) is 12.8 Å². The zero-order chi connectivity index (χ0) is 29.0. The van der Waals surface area contributed by atoms with Gasteiger partial charge in [0.25, 0.3) is 5.91 Å². The fourth-order valence-electron chi connectivity index (χ4n) is 4.36. The molecule has 1 aromatic carbocycles. The van der Waals surface area contributed by atoms with Gasteiger partial charge in [0.1, 0.15) is 17.1 Å². The second-order valence-corrected chi connectivity index (χ2v) is 10.0. The molecule has 0 saturated carbocycles. The smallest absolute Gasteiger partial charge is 0.307 e. The minimum absolute atomic E-state index is 0.135. The number of carbonyl (C=O) groups excluding carboxylic acids is 1. The van der Waals surface area contributed by atoms with Crippen LogP contribution in [0.15, 0.2) is 42.5 Å². The molecular formula is C32H44N2O6. The van der Waals surface area contributed by atoms with Crippen LogP contribution in [-0.4, -0.2) is 39.6 Å². The monoisotopic (exact) mass is 552 g/mol. The van der Waals surface area contributed by atoms with Crippen molar-refractivity contribution in [3.63, 3.8) is 0 Å². The summed E-state index contributed by atoms with van der Waals surface area (Å²) in [5.41, 5.74) is 1.54. The molecule has 8 heteroatoms. The predicted octanol–water partition coefficient (Wildman–Crippen LogP) is 7.53. The Labute approximate surface area is 237 Å². The summed E-state index contributed by atoms with van der Waals surface area (Å²) >= 11 is 0. The first-order valence-electron chi connectivity index (χ1n) is 14.5. The molecule has 8 nitrogen and oxygen atoms in total. The second-order valence-electron chi connectivity index (χ2n) is 10.0. The lowest BCUT2D eigenvalue weighted by molar-refractivity contribution is -0.137. The van der Waals surface area contributed by atoms with E-state index in [4.69, 9.17) is 14.9 Å². The number of carboxylic acid groups (broad SMARTS) is 2. The molecule has 3 N–H and O–H groups in total. The Morgan fingerprint density at radius 1 is 0.850 bits per heavy atom. The first-order valence-corrected chi connectivity index (χ1v) is 14.5. The van der Waals surface area contributed by atoms with Gasteiger partial charge in [0, 0.05) is 5.69 Å². The number of carboxylic acids is 2. The van der Waals surface area contributed by atoms with Crippen LogP contribution in [0.1, 0.15) is 112 Å². The summed E-state index contributed by atoms with van der Waals surface area (Å²) in [4.78, 5) is 39.2. The van der Waals surface area contributed by atoms with E-state index in [0.29, 0.717) is 29.3 Å². The van der Waals surface area contributed by atoms with Gasteiger partial charge in [0.05, 0.1) is 19.4 Å². The molecular weight excluding hydrogens is 508 g/mol. The SMILES string of the molecule is CCCCCCCCCCCCCCOc1ccc(C(=O)Nc2cccc(CC(=O)O)c2)nc1C=CCC(=O)O. The summed E-state index contributed by atoms with van der Waals surface area (Å²) in [7, 11) is 0. The molecule has 0 aliphatic rings. The molecule has 40 heavy (non-hydrogen) atoms. The minimum Gasteiger partial charge on any atom is -0.491 e. The summed E-state index contributed by atoms with van der Waals surface area (Å²) in [6.45, 7) is 2.76. The maximum atomic E-state index is 12.8. The zero-order valence-corrected chi connectivity index (χ0v) is 23.7. The van der Waals surface area contributed by atoms with Gasteiger partial charge >= 0.3 is 11.9 Å². The molecule has 0 saturated heterocycles. The Morgan fingerprint density at radius 3 is 2.12 bits per heavy atom. The van der Waals surface area contributed by atoms with E-state index in [2.05, 4.69) is 17.2 Å². The van der Waals surface area contributed by atoms with Crippen molar-refractivity contribution in [2.75, 3.05) is 11.9 Å². The number of nitrogens with one attached hydrogen (secondary N) is 1. The molecule has 0 atom stereocenters. The van der Waals surface area contributed by atoms with Gasteiger partial charge in [-0.1, -0.05) is 95.8 Å². The van der Waals surface area contributed by atoms with Crippen molar-refractivity contribution >= 4 is 29.6 Å². The molecule has 2 aromatic rings. The van der Waals surface area contributed by atoms with Crippen molar-refractivity contribution < 1.29 is 29.3 Å². The molecule has 1 heterocycles. The van der Waals surface area contributed by atoms with E-state index >= 15 is 0 Å². The largest absolute Gasteiger partial charge is 0.491 e. The van der Waals surface area contributed by atoms with Gasteiger partial charge in [-0.3, -0.25) is 14.4 Å². The standard InChI is InChI=1S/C32H44N2O6/c1-2-3-4-5-6-7-8-9-10-11-12-13-22-40-29-21-20-28(34-27(29)18-15-19-30(35)36)32(39)33-26-17-14-16-25(23-26)24-31(37)38/h14-18,20-21,23H,2-13,19,22,24H2,1H3,(H,33,39)(H,35,36)(H,37,38). The number of pyridine rings is 1. The summed E-state index contributed by atoms with van der Waals surface area (Å²) < 4.78 is 5.94. The lowest BCUT2D eigenvalue weighted by Gasteiger charge is -2.11. The molecule has 2 rings (SSSR count). The van der Waals surface area contributed by atoms with Crippen LogP contribution in [0.5, 0.6) is 5.75 Å². The van der Waals surface area contributed by atoms with Crippen LogP contribution in [0.2, 0.25) is 0 Å². The van der Waals surface area contributed by atoms with E-state index in [1.807, 2.05) is 0 Å². The molecule has 0 aliphatic heterocycles. The van der Waals surface area contributed by atoms with Gasteiger partial charge in [-0.2, -0.15) is 0 Å². The van der Waals surface area contributed by atoms with Crippen LogP contribution < -0.4 is 10.1 Å². The van der Waals surface area contributed by atoms with E-state index in [1.54, 1.807) is 42.5 Å². The Morgan fingerprint density at radius 2 is 1.50 bits per heavy atom. The van der Waals surface area contributed by atoms with Crippen LogP contribution >= 0.6 is 0 Å². The second kappa shape index (κ2) is 19.4. The Bertz CT molecular complexity index is 1100. The Hall–Kier alpha value is -3.68. The highest BCUT2D eigenvalue weighted by atomic mass is 16.5. The topological polar surface area (TPSA) is 126 Å². The fraction of sp³-hybridized carbons (Fsp3) is 0.500. The van der Waals surface area contributed by atoms with E-state index in [-0.39, 0.29) is 18.5 Å². The van der Waals surface area contributed by atoms with Crippen LogP contribution in [-0.2, 0) is 16.0 Å². The number of amides is 1. The van der Waals surface area contributed by atoms with Crippen LogP contribution in [0, 0.1) is 0 Å². The number of hydrogen-bond acceptors (Lipinski definition) is 5. The summed E-state index contributed by atoms with van der Waals surface area (Å²) in [5.74, 6) is -1.90. The average molecular weight is 553 g/mol. The maximum Gasteiger partial charge on any atom is 0.307 e. The molecule has 0 unspecified atom stereocenters. The highest BCUT2D eigenvalue weighted by Crippen LogP contribution is 2.21. The highest BCUT2D eigenvalue weighted by Gasteiger charge is 2.13. The first kappa shape index (κ1) is 32.5. The van der Waals surface area contributed by atoms with Gasteiger partial charge in [-0.05, 0) is 42.3 Å². The van der Waals surface area contributed by atoms with Gasteiger partial charge < -0.3 is 20.3 Å². The third-order valence-corrected chi connectivity index (χ3v) is 6.48. The number of rotatable bonds is 21. The van der Waals surface area contributed by atoms with Crippen molar-refractivity contribution in [1.29, 1.82) is 0 Å². The average Bonchev–Trinajstić information content (AvgIpc) is 2.91. The Balaban J connectivity index is 1.85. The molecule has 0 aliphatic carbocycles. The van der Waals surface area contributed by atoms with E-state index in [9.17, 15) is 14.4 Å². The van der Waals surface area contributed by atoms with Crippen LogP contribution in [0.4, 0.5) is 5.69 Å². The number of nitrogens with zero attached hydrogens (tertiary/aromatic N) is 1. The number of hydrogen-bond donors (Lipinski definition) is 3. The van der Waals surface area contributed by atoms with Crippen molar-refractivity contribution in [2.24, 2.45) is 0 Å². The van der Waals surface area contributed by atoms with Crippen molar-refractivity contribution in [1.82, 2.24) is 4.98 Å². The number of carbonyl (C=O) groups is 3. The van der Waals surface area contributed by atoms with Gasteiger partial charge in [-0.15, -0.1) is 0 Å². The fourth-order valence-corrected chi connectivity index (χ4v) is 4.36. The lowest BCUT2D eigenvalue weighted by Crippen LogP contribution is -2.15. The third kappa shape index (κ3) is 13.9. The number of benzene rings is 1. The zero-order valence-electron chi connectivity index (χ0n) is 23.7. The van der Waals surface area contributed by atoms with E-state index in [1.165, 1.54) is 70.3 Å². The van der Waals surface area contributed by atoms with Gasteiger partial charge in [0.2, 0.25) is 0 Å². The molecule has 1 amide bonds. The molecule has 0 fully saturated rings. The van der Waals surface area contributed by atoms with Crippen molar-refractivity contribution in [3.8, 4) is 5.75 Å². The summed E-state index contributed by atoms with van der Waals surface area (Å²) in [5, 5.41) is 20.7. The van der Waals surface area contributed by atoms with Crippen molar-refractivity contribution in [3.05, 3.63) is 59.4 Å². The summed E-state index contributed by atoms with van der Waals surface area (Å²) in [6, 6.07) is 9.85. The highest BCUT2D eigenvalue weighted by molar-refractivity contribution is 6.03. The normalized spacial score (nSPS) is 11.0.